The van der Waals surface area contributed by atoms with Crippen molar-refractivity contribution in [2.24, 2.45) is 0 Å². The van der Waals surface area contributed by atoms with E-state index >= 15 is 0 Å². The Morgan fingerprint density at radius 2 is 2.13 bits per heavy atom. The third kappa shape index (κ3) is 2.30. The summed E-state index contributed by atoms with van der Waals surface area (Å²) in [6.07, 6.45) is 1.40. The maximum absolute atomic E-state index is 9.98. The van der Waals surface area contributed by atoms with Gasteiger partial charge >= 0.3 is 0 Å². The zero-order valence-electron chi connectivity index (χ0n) is 8.90. The molecule has 3 nitrogen and oxygen atoms in total. The molecule has 0 aromatic heterocycles. The summed E-state index contributed by atoms with van der Waals surface area (Å²) in [4.78, 5) is 0. The average Bonchev–Trinajstić information content (AvgIpc) is 2.17. The summed E-state index contributed by atoms with van der Waals surface area (Å²) in [5, 5.41) is 23.0. The number of phenolic OH excluding ortho intramolecular Hbond substituents is 1. The molecule has 1 aliphatic heterocycles. The molecule has 0 saturated carbocycles. The van der Waals surface area contributed by atoms with Crippen LogP contribution in [0.15, 0.2) is 24.3 Å². The lowest BCUT2D eigenvalue weighted by Gasteiger charge is -2.35. The van der Waals surface area contributed by atoms with E-state index in [1.807, 2.05) is 19.1 Å². The van der Waals surface area contributed by atoms with Crippen LogP contribution in [0.2, 0.25) is 0 Å². The normalized spacial score (nSPS) is 31.5. The zero-order valence-corrected chi connectivity index (χ0v) is 8.90. The molecule has 15 heavy (non-hydrogen) atoms. The molecule has 1 fully saturated rings. The minimum atomic E-state index is -0.627. The number of phenols is 1. The SMILES string of the molecule is CC1(O)CCNC(c2ccccc2O)C1. The number of piperidine rings is 1. The average molecular weight is 207 g/mol. The molecule has 0 aliphatic carbocycles. The Hall–Kier alpha value is -1.06. The van der Waals surface area contributed by atoms with Crippen molar-refractivity contribution in [1.29, 1.82) is 0 Å². The molecular weight excluding hydrogens is 190 g/mol. The zero-order chi connectivity index (χ0) is 10.9. The largest absolute Gasteiger partial charge is 0.508 e. The smallest absolute Gasteiger partial charge is 0.120 e. The Balaban J connectivity index is 2.21. The van der Waals surface area contributed by atoms with E-state index in [0.717, 1.165) is 18.5 Å². The maximum atomic E-state index is 9.98. The van der Waals surface area contributed by atoms with E-state index < -0.39 is 5.60 Å². The first kappa shape index (κ1) is 10.5. The molecule has 0 bridgehead atoms. The van der Waals surface area contributed by atoms with Gasteiger partial charge in [0.15, 0.2) is 0 Å². The van der Waals surface area contributed by atoms with Crippen LogP contribution in [0.3, 0.4) is 0 Å². The first-order valence-electron chi connectivity index (χ1n) is 5.32. The number of aliphatic hydroxyl groups is 1. The standard InChI is InChI=1S/C12H17NO2/c1-12(15)6-7-13-10(8-12)9-4-2-3-5-11(9)14/h2-5,10,13-15H,6-8H2,1H3. The molecule has 1 heterocycles. The molecule has 0 spiro atoms. The van der Waals surface area contributed by atoms with Crippen LogP contribution in [-0.4, -0.2) is 22.4 Å². The highest BCUT2D eigenvalue weighted by molar-refractivity contribution is 5.35. The lowest BCUT2D eigenvalue weighted by Crippen LogP contribution is -2.41. The van der Waals surface area contributed by atoms with Crippen molar-refractivity contribution in [2.45, 2.75) is 31.4 Å². The van der Waals surface area contributed by atoms with Crippen LogP contribution in [0, 0.1) is 0 Å². The van der Waals surface area contributed by atoms with Gasteiger partial charge in [-0.1, -0.05) is 18.2 Å². The van der Waals surface area contributed by atoms with E-state index in [1.165, 1.54) is 0 Å². The monoisotopic (exact) mass is 207 g/mol. The predicted octanol–water partition coefficient (Wildman–Crippen LogP) is 1.57. The molecule has 3 heteroatoms. The van der Waals surface area contributed by atoms with Gasteiger partial charge in [0.25, 0.3) is 0 Å². The van der Waals surface area contributed by atoms with Crippen molar-refractivity contribution >= 4 is 0 Å². The maximum Gasteiger partial charge on any atom is 0.120 e. The van der Waals surface area contributed by atoms with Gasteiger partial charge in [-0.3, -0.25) is 0 Å². The fraction of sp³-hybridized carbons (Fsp3) is 0.500. The van der Waals surface area contributed by atoms with Crippen molar-refractivity contribution in [3.05, 3.63) is 29.8 Å². The fourth-order valence-corrected chi connectivity index (χ4v) is 2.13. The van der Waals surface area contributed by atoms with Gasteiger partial charge in [-0.2, -0.15) is 0 Å². The highest BCUT2D eigenvalue weighted by atomic mass is 16.3. The van der Waals surface area contributed by atoms with Gasteiger partial charge in [-0.25, -0.2) is 0 Å². The third-order valence-electron chi connectivity index (χ3n) is 3.01. The Bertz CT molecular complexity index is 349. The lowest BCUT2D eigenvalue weighted by atomic mass is 9.86. The summed E-state index contributed by atoms with van der Waals surface area (Å²) in [7, 11) is 0. The summed E-state index contributed by atoms with van der Waals surface area (Å²) in [5.41, 5.74) is 0.246. The molecule has 1 aromatic rings. The molecule has 0 amide bonds. The number of hydrogen-bond donors (Lipinski definition) is 3. The molecule has 1 saturated heterocycles. The second-order valence-corrected chi connectivity index (χ2v) is 4.52. The van der Waals surface area contributed by atoms with Crippen LogP contribution >= 0.6 is 0 Å². The topological polar surface area (TPSA) is 52.5 Å². The summed E-state index contributed by atoms with van der Waals surface area (Å²) in [6, 6.07) is 7.34. The first-order chi connectivity index (χ1) is 7.08. The minimum absolute atomic E-state index is 0.0509. The number of rotatable bonds is 1. The van der Waals surface area contributed by atoms with E-state index in [1.54, 1.807) is 12.1 Å². The van der Waals surface area contributed by atoms with Crippen LogP contribution < -0.4 is 5.32 Å². The van der Waals surface area contributed by atoms with Gasteiger partial charge in [0.2, 0.25) is 0 Å². The third-order valence-corrected chi connectivity index (χ3v) is 3.01. The van der Waals surface area contributed by atoms with E-state index in [2.05, 4.69) is 5.32 Å². The predicted molar refractivity (Wildman–Crippen MR) is 58.7 cm³/mol. The van der Waals surface area contributed by atoms with Gasteiger partial charge in [-0.15, -0.1) is 0 Å². The Labute approximate surface area is 89.8 Å². The van der Waals surface area contributed by atoms with Gasteiger partial charge in [0.1, 0.15) is 5.75 Å². The second-order valence-electron chi connectivity index (χ2n) is 4.52. The highest BCUT2D eigenvalue weighted by Crippen LogP contribution is 2.33. The minimum Gasteiger partial charge on any atom is -0.508 e. The number of hydrogen-bond acceptors (Lipinski definition) is 3. The molecule has 2 atom stereocenters. The van der Waals surface area contributed by atoms with E-state index in [-0.39, 0.29) is 6.04 Å². The van der Waals surface area contributed by atoms with Crippen molar-refractivity contribution in [3.8, 4) is 5.75 Å². The highest BCUT2D eigenvalue weighted by Gasteiger charge is 2.31. The van der Waals surface area contributed by atoms with Crippen molar-refractivity contribution in [2.75, 3.05) is 6.54 Å². The van der Waals surface area contributed by atoms with Crippen LogP contribution in [0.25, 0.3) is 0 Å². The second kappa shape index (κ2) is 3.83. The molecule has 82 valence electrons. The molecule has 3 N–H and O–H groups in total. The van der Waals surface area contributed by atoms with Crippen LogP contribution in [0.4, 0.5) is 0 Å². The van der Waals surface area contributed by atoms with Crippen LogP contribution in [0.5, 0.6) is 5.75 Å². The number of aromatic hydroxyl groups is 1. The summed E-state index contributed by atoms with van der Waals surface area (Å²) in [6.45, 7) is 2.63. The quantitative estimate of drug-likeness (QED) is 0.655. The summed E-state index contributed by atoms with van der Waals surface area (Å²) >= 11 is 0. The molecule has 2 unspecified atom stereocenters. The summed E-state index contributed by atoms with van der Waals surface area (Å²) in [5.74, 6) is 0.299. The van der Waals surface area contributed by atoms with Gasteiger partial charge in [-0.05, 0) is 32.4 Å². The molecule has 2 rings (SSSR count). The van der Waals surface area contributed by atoms with E-state index in [0.29, 0.717) is 12.2 Å². The van der Waals surface area contributed by atoms with Crippen LogP contribution in [0.1, 0.15) is 31.4 Å². The lowest BCUT2D eigenvalue weighted by molar-refractivity contribution is 0.0129. The van der Waals surface area contributed by atoms with Crippen molar-refractivity contribution < 1.29 is 10.2 Å². The number of benzene rings is 1. The van der Waals surface area contributed by atoms with Crippen molar-refractivity contribution in [1.82, 2.24) is 5.32 Å². The molecule has 1 aromatic carbocycles. The molecule has 1 aliphatic rings. The molecule has 0 radical (unpaired) electrons. The summed E-state index contributed by atoms with van der Waals surface area (Å²) < 4.78 is 0. The Morgan fingerprint density at radius 1 is 1.40 bits per heavy atom. The fourth-order valence-electron chi connectivity index (χ4n) is 2.13. The van der Waals surface area contributed by atoms with Crippen LogP contribution in [-0.2, 0) is 0 Å². The number of nitrogens with one attached hydrogen (secondary N) is 1. The van der Waals surface area contributed by atoms with Crippen molar-refractivity contribution in [3.63, 3.8) is 0 Å². The van der Waals surface area contributed by atoms with Gasteiger partial charge < -0.3 is 15.5 Å². The van der Waals surface area contributed by atoms with Gasteiger partial charge in [0, 0.05) is 11.6 Å². The Kier molecular flexibility index (Phi) is 2.67. The van der Waals surface area contributed by atoms with E-state index in [4.69, 9.17) is 0 Å². The van der Waals surface area contributed by atoms with Gasteiger partial charge in [0.05, 0.1) is 5.60 Å². The molecular formula is C12H17NO2. The number of para-hydroxylation sites is 1. The van der Waals surface area contributed by atoms with E-state index in [9.17, 15) is 10.2 Å². The Morgan fingerprint density at radius 3 is 2.80 bits per heavy atom. The first-order valence-corrected chi connectivity index (χ1v) is 5.32.